The number of halogens is 1. The lowest BCUT2D eigenvalue weighted by Crippen LogP contribution is -2.25. The number of fused-ring (bicyclic) bond motifs is 1. The first-order chi connectivity index (χ1) is 13.9. The first-order valence-corrected chi connectivity index (χ1v) is 11.0. The van der Waals surface area contributed by atoms with Crippen molar-refractivity contribution in [2.24, 2.45) is 5.73 Å². The van der Waals surface area contributed by atoms with Gasteiger partial charge in [0.05, 0.1) is 22.5 Å². The molecule has 3 N–H and O–H groups in total. The van der Waals surface area contributed by atoms with Crippen LogP contribution in [0.3, 0.4) is 0 Å². The third-order valence-electron chi connectivity index (χ3n) is 4.99. The highest BCUT2D eigenvalue weighted by Crippen LogP contribution is 2.30. The Balaban J connectivity index is 1.70. The summed E-state index contributed by atoms with van der Waals surface area (Å²) in [6.07, 6.45) is 3.13. The molecule has 0 unspecified atom stereocenters. The number of sulfonamides is 1. The topological polar surface area (TPSA) is 90.0 Å². The summed E-state index contributed by atoms with van der Waals surface area (Å²) in [5.74, 6) is 0.388. The molecule has 29 heavy (non-hydrogen) atoms. The van der Waals surface area contributed by atoms with Gasteiger partial charge in [-0.3, -0.25) is 0 Å². The number of rotatable bonds is 7. The van der Waals surface area contributed by atoms with E-state index in [1.54, 1.807) is 28.8 Å². The lowest BCUT2D eigenvalue weighted by atomic mass is 10.0. The standard InChI is InChI=1S/C21H23FN4O2S/c1-14-24-21-19(3-2-4-20(21)26(14)13-16(22)11-12-23)15-5-9-18(10-6-15)29(27,28)25-17-7-8-17/h2-6,9-11,17,25H,7-8,12-13,23H2,1H3. The molecule has 1 aliphatic carbocycles. The summed E-state index contributed by atoms with van der Waals surface area (Å²) in [5, 5.41) is 0. The quantitative estimate of drug-likeness (QED) is 0.621. The molecular formula is C21H23FN4O2S. The predicted octanol–water partition coefficient (Wildman–Crippen LogP) is 3.26. The Hall–Kier alpha value is -2.55. The van der Waals surface area contributed by atoms with Gasteiger partial charge in [-0.25, -0.2) is 22.5 Å². The van der Waals surface area contributed by atoms with E-state index < -0.39 is 10.0 Å². The summed E-state index contributed by atoms with van der Waals surface area (Å²) >= 11 is 0. The van der Waals surface area contributed by atoms with Gasteiger partial charge in [-0.05, 0) is 49.6 Å². The molecule has 1 fully saturated rings. The maximum Gasteiger partial charge on any atom is 0.240 e. The lowest BCUT2D eigenvalue weighted by Gasteiger charge is -2.08. The van der Waals surface area contributed by atoms with E-state index in [0.29, 0.717) is 5.82 Å². The van der Waals surface area contributed by atoms with Gasteiger partial charge in [-0.2, -0.15) is 0 Å². The summed E-state index contributed by atoms with van der Waals surface area (Å²) in [4.78, 5) is 4.87. The van der Waals surface area contributed by atoms with E-state index in [1.165, 1.54) is 6.08 Å². The molecule has 0 bridgehead atoms. The van der Waals surface area contributed by atoms with E-state index in [-0.39, 0.29) is 29.9 Å². The average molecular weight is 415 g/mol. The van der Waals surface area contributed by atoms with E-state index in [2.05, 4.69) is 9.71 Å². The van der Waals surface area contributed by atoms with Crippen LogP contribution in [0.4, 0.5) is 4.39 Å². The Morgan fingerprint density at radius 1 is 1.28 bits per heavy atom. The number of hydrogen-bond donors (Lipinski definition) is 2. The summed E-state index contributed by atoms with van der Waals surface area (Å²) in [5.41, 5.74) is 8.67. The zero-order valence-electron chi connectivity index (χ0n) is 16.1. The van der Waals surface area contributed by atoms with E-state index in [9.17, 15) is 12.8 Å². The van der Waals surface area contributed by atoms with Crippen LogP contribution in [0, 0.1) is 6.92 Å². The number of para-hydroxylation sites is 1. The van der Waals surface area contributed by atoms with E-state index in [4.69, 9.17) is 5.73 Å². The first kappa shape index (κ1) is 19.8. The summed E-state index contributed by atoms with van der Waals surface area (Å²) in [7, 11) is -3.49. The fraction of sp³-hybridized carbons (Fsp3) is 0.286. The van der Waals surface area contributed by atoms with E-state index in [1.807, 2.05) is 25.1 Å². The number of benzene rings is 2. The Morgan fingerprint density at radius 2 is 2.00 bits per heavy atom. The highest BCUT2D eigenvalue weighted by Gasteiger charge is 2.27. The van der Waals surface area contributed by atoms with E-state index in [0.717, 1.165) is 35.0 Å². The molecule has 0 saturated heterocycles. The molecule has 1 heterocycles. The summed E-state index contributed by atoms with van der Waals surface area (Å²) in [6.45, 7) is 2.05. The van der Waals surface area contributed by atoms with Gasteiger partial charge in [0.25, 0.3) is 0 Å². The molecule has 1 aliphatic rings. The van der Waals surface area contributed by atoms with Crippen LogP contribution in [0.1, 0.15) is 18.7 Å². The lowest BCUT2D eigenvalue weighted by molar-refractivity contribution is 0.553. The molecule has 0 atom stereocenters. The monoisotopic (exact) mass is 414 g/mol. The molecule has 152 valence electrons. The number of imidazole rings is 1. The highest BCUT2D eigenvalue weighted by atomic mass is 32.2. The SMILES string of the molecule is Cc1nc2c(-c3ccc(S(=O)(=O)NC4CC4)cc3)cccc2n1CC(F)=CCN. The fourth-order valence-corrected chi connectivity index (χ4v) is 4.65. The molecule has 6 nitrogen and oxygen atoms in total. The Kier molecular flexibility index (Phi) is 5.24. The van der Waals surface area contributed by atoms with Gasteiger partial charge in [0.15, 0.2) is 0 Å². The van der Waals surface area contributed by atoms with Crippen LogP contribution in [0.5, 0.6) is 0 Å². The largest absolute Gasteiger partial charge is 0.327 e. The fourth-order valence-electron chi connectivity index (χ4n) is 3.34. The molecule has 2 aromatic carbocycles. The van der Waals surface area contributed by atoms with Crippen molar-refractivity contribution in [1.29, 1.82) is 0 Å². The second kappa shape index (κ2) is 7.70. The number of allylic oxidation sites excluding steroid dienone is 1. The van der Waals surface area contributed by atoms with Crippen molar-refractivity contribution in [3.63, 3.8) is 0 Å². The summed E-state index contributed by atoms with van der Waals surface area (Å²) in [6, 6.07) is 12.5. The average Bonchev–Trinajstić information content (AvgIpc) is 3.44. The van der Waals surface area contributed by atoms with Crippen molar-refractivity contribution in [3.8, 4) is 11.1 Å². The van der Waals surface area contributed by atoms with Gasteiger partial charge in [-0.1, -0.05) is 24.3 Å². The van der Waals surface area contributed by atoms with Crippen molar-refractivity contribution in [2.45, 2.75) is 37.2 Å². The molecule has 0 radical (unpaired) electrons. The molecule has 0 spiro atoms. The molecule has 3 aromatic rings. The number of nitrogens with two attached hydrogens (primary N) is 1. The van der Waals surface area contributed by atoms with Gasteiger partial charge in [0, 0.05) is 18.2 Å². The predicted molar refractivity (Wildman–Crippen MR) is 111 cm³/mol. The minimum absolute atomic E-state index is 0.0640. The van der Waals surface area contributed by atoms with Crippen LogP contribution in [0.2, 0.25) is 0 Å². The van der Waals surface area contributed by atoms with Crippen LogP contribution in [-0.2, 0) is 16.6 Å². The van der Waals surface area contributed by atoms with Crippen LogP contribution in [0.15, 0.2) is 59.3 Å². The maximum atomic E-state index is 14.0. The Morgan fingerprint density at radius 3 is 2.66 bits per heavy atom. The number of nitrogens with zero attached hydrogens (tertiary/aromatic N) is 2. The van der Waals surface area contributed by atoms with Crippen molar-refractivity contribution in [3.05, 3.63) is 60.2 Å². The number of hydrogen-bond acceptors (Lipinski definition) is 4. The molecule has 4 rings (SSSR count). The second-order valence-corrected chi connectivity index (χ2v) is 8.94. The third kappa shape index (κ3) is 4.10. The van der Waals surface area contributed by atoms with E-state index >= 15 is 0 Å². The second-order valence-electron chi connectivity index (χ2n) is 7.23. The molecule has 1 saturated carbocycles. The Labute approximate surface area is 169 Å². The number of aromatic nitrogens is 2. The van der Waals surface area contributed by atoms with Gasteiger partial charge in [-0.15, -0.1) is 0 Å². The van der Waals surface area contributed by atoms with Crippen molar-refractivity contribution < 1.29 is 12.8 Å². The minimum Gasteiger partial charge on any atom is -0.327 e. The van der Waals surface area contributed by atoms with Crippen LogP contribution in [0.25, 0.3) is 22.2 Å². The van der Waals surface area contributed by atoms with Crippen molar-refractivity contribution >= 4 is 21.1 Å². The van der Waals surface area contributed by atoms with Crippen LogP contribution >= 0.6 is 0 Å². The molecule has 1 aromatic heterocycles. The Bertz CT molecular complexity index is 1180. The third-order valence-corrected chi connectivity index (χ3v) is 6.53. The highest BCUT2D eigenvalue weighted by molar-refractivity contribution is 7.89. The van der Waals surface area contributed by atoms with Gasteiger partial charge in [0.1, 0.15) is 11.7 Å². The van der Waals surface area contributed by atoms with Crippen LogP contribution < -0.4 is 10.5 Å². The molecular weight excluding hydrogens is 391 g/mol. The minimum atomic E-state index is -3.49. The normalized spacial score (nSPS) is 15.2. The van der Waals surface area contributed by atoms with Crippen molar-refractivity contribution in [1.82, 2.24) is 14.3 Å². The van der Waals surface area contributed by atoms with Gasteiger partial charge in [0.2, 0.25) is 10.0 Å². The smallest absolute Gasteiger partial charge is 0.240 e. The maximum absolute atomic E-state index is 14.0. The van der Waals surface area contributed by atoms with Crippen molar-refractivity contribution in [2.75, 3.05) is 6.54 Å². The molecule has 8 heteroatoms. The van der Waals surface area contributed by atoms with Gasteiger partial charge < -0.3 is 10.3 Å². The zero-order chi connectivity index (χ0) is 20.6. The van der Waals surface area contributed by atoms with Crippen LogP contribution in [-0.4, -0.2) is 30.6 Å². The van der Waals surface area contributed by atoms with Gasteiger partial charge >= 0.3 is 0 Å². The molecule has 0 aliphatic heterocycles. The summed E-state index contributed by atoms with van der Waals surface area (Å²) < 4.78 is 43.2. The molecule has 0 amide bonds. The first-order valence-electron chi connectivity index (χ1n) is 9.52. The number of aryl methyl sites for hydroxylation is 1. The zero-order valence-corrected chi connectivity index (χ0v) is 16.9. The number of nitrogens with one attached hydrogen (secondary N) is 1.